The van der Waals surface area contributed by atoms with Crippen molar-refractivity contribution < 1.29 is 13.9 Å². The van der Waals surface area contributed by atoms with Gasteiger partial charge in [0.25, 0.3) is 0 Å². The van der Waals surface area contributed by atoms with Gasteiger partial charge in [-0.3, -0.25) is 4.79 Å². The Morgan fingerprint density at radius 1 is 1.30 bits per heavy atom. The number of aromatic nitrogens is 2. The van der Waals surface area contributed by atoms with Crippen molar-refractivity contribution in [3.63, 3.8) is 0 Å². The van der Waals surface area contributed by atoms with Crippen molar-refractivity contribution in [3.05, 3.63) is 62.2 Å². The zero-order valence-corrected chi connectivity index (χ0v) is 16.4. The molecule has 140 valence electrons. The Morgan fingerprint density at radius 2 is 2.04 bits per heavy atom. The molecule has 2 aromatic heterocycles. The summed E-state index contributed by atoms with van der Waals surface area (Å²) in [5.74, 6) is -0.610. The van der Waals surface area contributed by atoms with Crippen LogP contribution < -0.4 is 5.43 Å². The van der Waals surface area contributed by atoms with Crippen LogP contribution in [0.3, 0.4) is 0 Å². The number of ether oxygens (including phenoxy) is 1. The average Bonchev–Trinajstić information content (AvgIpc) is 3.17. The van der Waals surface area contributed by atoms with Gasteiger partial charge in [-0.25, -0.2) is 9.78 Å². The van der Waals surface area contributed by atoms with E-state index in [1.807, 2.05) is 11.5 Å². The lowest BCUT2D eigenvalue weighted by Gasteiger charge is -2.20. The number of nitrogens with zero attached hydrogens (tertiary/aromatic N) is 2. The van der Waals surface area contributed by atoms with Crippen LogP contribution in [-0.2, 0) is 11.3 Å². The molecule has 0 spiro atoms. The molecule has 0 amide bonds. The molecule has 0 fully saturated rings. The minimum atomic E-state index is -0.754. The fourth-order valence-electron chi connectivity index (χ4n) is 3.06. The standard InChI is InChI=1S/C19H16Cl2N2O4/c1-4-23-10(2)14(18-22-7-8-27-18)17(24)15(19(25)26-3)16(23)11-5-6-12(20)13(21)9-11/h5-9H,4H2,1-3H3. The van der Waals surface area contributed by atoms with E-state index in [0.29, 0.717) is 33.5 Å². The maximum absolute atomic E-state index is 13.2. The molecule has 0 aliphatic rings. The first-order valence-corrected chi connectivity index (χ1v) is 8.87. The SMILES string of the molecule is CCn1c(C)c(-c2ncco2)c(=O)c(C(=O)OC)c1-c1ccc(Cl)c(Cl)c1. The van der Waals surface area contributed by atoms with Gasteiger partial charge in [-0.05, 0) is 26.0 Å². The van der Waals surface area contributed by atoms with E-state index in [1.54, 1.807) is 25.1 Å². The monoisotopic (exact) mass is 406 g/mol. The van der Waals surface area contributed by atoms with Gasteiger partial charge >= 0.3 is 5.97 Å². The first-order valence-electron chi connectivity index (χ1n) is 8.11. The summed E-state index contributed by atoms with van der Waals surface area (Å²) in [6.45, 7) is 4.16. The van der Waals surface area contributed by atoms with E-state index < -0.39 is 11.4 Å². The van der Waals surface area contributed by atoms with Crippen molar-refractivity contribution in [2.45, 2.75) is 20.4 Å². The van der Waals surface area contributed by atoms with Gasteiger partial charge in [0, 0.05) is 17.8 Å². The number of pyridine rings is 1. The van der Waals surface area contributed by atoms with Crippen molar-refractivity contribution in [3.8, 4) is 22.7 Å². The highest BCUT2D eigenvalue weighted by atomic mass is 35.5. The van der Waals surface area contributed by atoms with E-state index in [0.717, 1.165) is 0 Å². The lowest BCUT2D eigenvalue weighted by atomic mass is 10.00. The Labute approximate surface area is 165 Å². The third-order valence-corrected chi connectivity index (χ3v) is 5.01. The molecule has 27 heavy (non-hydrogen) atoms. The van der Waals surface area contributed by atoms with Gasteiger partial charge < -0.3 is 13.7 Å². The van der Waals surface area contributed by atoms with Gasteiger partial charge in [-0.15, -0.1) is 0 Å². The quantitative estimate of drug-likeness (QED) is 0.592. The lowest BCUT2D eigenvalue weighted by Crippen LogP contribution is -2.26. The summed E-state index contributed by atoms with van der Waals surface area (Å²) >= 11 is 12.2. The topological polar surface area (TPSA) is 74.3 Å². The van der Waals surface area contributed by atoms with E-state index in [4.69, 9.17) is 32.4 Å². The van der Waals surface area contributed by atoms with Gasteiger partial charge in [0.2, 0.25) is 11.3 Å². The summed E-state index contributed by atoms with van der Waals surface area (Å²) in [4.78, 5) is 29.8. The number of carbonyl (C=O) groups excluding carboxylic acids is 1. The van der Waals surface area contributed by atoms with Gasteiger partial charge in [-0.2, -0.15) is 0 Å². The number of benzene rings is 1. The molecule has 0 bridgehead atoms. The molecule has 0 aliphatic carbocycles. The van der Waals surface area contributed by atoms with Crippen LogP contribution in [0, 0.1) is 6.92 Å². The van der Waals surface area contributed by atoms with Crippen molar-refractivity contribution in [1.82, 2.24) is 9.55 Å². The Kier molecular flexibility index (Phi) is 5.39. The van der Waals surface area contributed by atoms with Crippen molar-refractivity contribution in [2.24, 2.45) is 0 Å². The third kappa shape index (κ3) is 3.26. The van der Waals surface area contributed by atoms with Crippen LogP contribution in [0.1, 0.15) is 23.0 Å². The minimum absolute atomic E-state index is 0.114. The zero-order valence-electron chi connectivity index (χ0n) is 14.9. The normalized spacial score (nSPS) is 10.9. The first-order chi connectivity index (χ1) is 12.9. The van der Waals surface area contributed by atoms with Crippen molar-refractivity contribution >= 4 is 29.2 Å². The van der Waals surface area contributed by atoms with Crippen LogP contribution in [-0.4, -0.2) is 22.6 Å². The number of oxazole rings is 1. The maximum atomic E-state index is 13.2. The fourth-order valence-corrected chi connectivity index (χ4v) is 3.36. The molecule has 0 saturated heterocycles. The molecular formula is C19H16Cl2N2O4. The van der Waals surface area contributed by atoms with Crippen LogP contribution in [0.4, 0.5) is 0 Å². The predicted molar refractivity (Wildman–Crippen MR) is 103 cm³/mol. The minimum Gasteiger partial charge on any atom is -0.465 e. The number of hydrogen-bond donors (Lipinski definition) is 0. The molecule has 1 aromatic carbocycles. The van der Waals surface area contributed by atoms with Crippen LogP contribution in [0.5, 0.6) is 0 Å². The van der Waals surface area contributed by atoms with Crippen LogP contribution in [0.25, 0.3) is 22.7 Å². The number of hydrogen-bond acceptors (Lipinski definition) is 5. The number of esters is 1. The van der Waals surface area contributed by atoms with Crippen molar-refractivity contribution in [1.29, 1.82) is 0 Å². The largest absolute Gasteiger partial charge is 0.465 e. The number of halogens is 2. The Morgan fingerprint density at radius 3 is 2.59 bits per heavy atom. The van der Waals surface area contributed by atoms with Gasteiger partial charge in [0.1, 0.15) is 17.4 Å². The molecule has 0 N–H and O–H groups in total. The summed E-state index contributed by atoms with van der Waals surface area (Å²) < 4.78 is 12.0. The molecular weight excluding hydrogens is 391 g/mol. The molecule has 6 nitrogen and oxygen atoms in total. The fraction of sp³-hybridized carbons (Fsp3) is 0.211. The molecule has 8 heteroatoms. The third-order valence-electron chi connectivity index (χ3n) is 4.27. The molecule has 2 heterocycles. The number of methoxy groups -OCH3 is 1. The van der Waals surface area contributed by atoms with E-state index in [9.17, 15) is 9.59 Å². The maximum Gasteiger partial charge on any atom is 0.344 e. The Balaban J connectivity index is 2.47. The van der Waals surface area contributed by atoms with Crippen LogP contribution >= 0.6 is 23.2 Å². The lowest BCUT2D eigenvalue weighted by molar-refractivity contribution is 0.0599. The second kappa shape index (κ2) is 7.58. The molecule has 3 rings (SSSR count). The van der Waals surface area contributed by atoms with E-state index in [2.05, 4.69) is 4.98 Å². The second-order valence-corrected chi connectivity index (χ2v) is 6.53. The van der Waals surface area contributed by atoms with Crippen LogP contribution in [0.15, 0.2) is 39.9 Å². The molecule has 0 aliphatic heterocycles. The van der Waals surface area contributed by atoms with Crippen LogP contribution in [0.2, 0.25) is 10.0 Å². The highest BCUT2D eigenvalue weighted by Gasteiger charge is 2.28. The molecule has 0 unspecified atom stereocenters. The van der Waals surface area contributed by atoms with Crippen molar-refractivity contribution in [2.75, 3.05) is 7.11 Å². The first kappa shape index (κ1) is 19.2. The molecule has 0 atom stereocenters. The average molecular weight is 407 g/mol. The highest BCUT2D eigenvalue weighted by Crippen LogP contribution is 2.32. The predicted octanol–water partition coefficient (Wildman–Crippen LogP) is 4.59. The number of rotatable bonds is 4. The van der Waals surface area contributed by atoms with E-state index in [1.165, 1.54) is 19.6 Å². The smallest absolute Gasteiger partial charge is 0.344 e. The highest BCUT2D eigenvalue weighted by molar-refractivity contribution is 6.42. The number of carbonyl (C=O) groups is 1. The second-order valence-electron chi connectivity index (χ2n) is 5.72. The zero-order chi connectivity index (χ0) is 19.7. The van der Waals surface area contributed by atoms with Gasteiger partial charge in [-0.1, -0.05) is 29.3 Å². The molecule has 0 saturated carbocycles. The Hall–Kier alpha value is -2.57. The molecule has 3 aromatic rings. The summed E-state index contributed by atoms with van der Waals surface area (Å²) in [6.07, 6.45) is 2.81. The summed E-state index contributed by atoms with van der Waals surface area (Å²) in [6, 6.07) is 4.93. The van der Waals surface area contributed by atoms with E-state index in [-0.39, 0.29) is 17.0 Å². The van der Waals surface area contributed by atoms with Gasteiger partial charge in [0.05, 0.1) is 29.0 Å². The van der Waals surface area contributed by atoms with E-state index >= 15 is 0 Å². The molecule has 0 radical (unpaired) electrons. The summed E-state index contributed by atoms with van der Waals surface area (Å²) in [7, 11) is 1.22. The van der Waals surface area contributed by atoms with Gasteiger partial charge in [0.15, 0.2) is 0 Å². The summed E-state index contributed by atoms with van der Waals surface area (Å²) in [5.41, 5.74) is 1.17. The Bertz CT molecular complexity index is 1070. The summed E-state index contributed by atoms with van der Waals surface area (Å²) in [5, 5.41) is 0.688.